The van der Waals surface area contributed by atoms with Crippen molar-refractivity contribution >= 4 is 22.4 Å². The maximum Gasteiger partial charge on any atom is 0.240 e. The molecule has 1 aliphatic carbocycles. The number of amides is 1. The number of nitrogens with zero attached hydrogens (tertiary/aromatic N) is 3. The molecule has 1 aliphatic heterocycles. The Balaban J connectivity index is 1.25. The molecule has 1 aromatic carbocycles. The first-order valence-corrected chi connectivity index (χ1v) is 12.4. The summed E-state index contributed by atoms with van der Waals surface area (Å²) in [6.07, 6.45) is 6.98. The predicted molar refractivity (Wildman–Crippen MR) is 129 cm³/mol. The summed E-state index contributed by atoms with van der Waals surface area (Å²) in [7, 11) is 3.25. The van der Waals surface area contributed by atoms with Gasteiger partial charge in [-0.2, -0.15) is 0 Å². The average molecular weight is 459 g/mol. The summed E-state index contributed by atoms with van der Waals surface area (Å²) in [5, 5.41) is 5.51. The molecule has 0 spiro atoms. The Morgan fingerprint density at radius 1 is 1.09 bits per heavy atom. The van der Waals surface area contributed by atoms with Crippen LogP contribution in [0.15, 0.2) is 23.6 Å². The third-order valence-electron chi connectivity index (χ3n) is 6.51. The zero-order valence-electron chi connectivity index (χ0n) is 19.1. The van der Waals surface area contributed by atoms with Gasteiger partial charge in [-0.3, -0.25) is 9.69 Å². The summed E-state index contributed by atoms with van der Waals surface area (Å²) < 4.78 is 10.7. The van der Waals surface area contributed by atoms with Gasteiger partial charge in [0.1, 0.15) is 11.5 Å². The van der Waals surface area contributed by atoms with Crippen LogP contribution < -0.4 is 14.8 Å². The first-order valence-electron chi connectivity index (χ1n) is 11.6. The Hall–Kier alpha value is -2.16. The number of piperazine rings is 1. The quantitative estimate of drug-likeness (QED) is 0.646. The van der Waals surface area contributed by atoms with Crippen LogP contribution in [0.25, 0.3) is 11.3 Å². The van der Waals surface area contributed by atoms with Crippen LogP contribution >= 0.6 is 11.3 Å². The predicted octanol–water partition coefficient (Wildman–Crippen LogP) is 3.96. The van der Waals surface area contributed by atoms with Crippen LogP contribution in [0.4, 0.5) is 5.13 Å². The lowest BCUT2D eigenvalue weighted by molar-refractivity contribution is -0.117. The van der Waals surface area contributed by atoms with Crippen LogP contribution in [-0.4, -0.2) is 74.2 Å². The van der Waals surface area contributed by atoms with Gasteiger partial charge in [0.2, 0.25) is 5.91 Å². The summed E-state index contributed by atoms with van der Waals surface area (Å²) in [6, 6.07) is 5.63. The van der Waals surface area contributed by atoms with Gasteiger partial charge in [-0.25, -0.2) is 4.98 Å². The molecule has 7 nitrogen and oxygen atoms in total. The van der Waals surface area contributed by atoms with E-state index in [0.29, 0.717) is 17.4 Å². The molecule has 2 heterocycles. The molecule has 32 heavy (non-hydrogen) atoms. The Labute approximate surface area is 194 Å². The van der Waals surface area contributed by atoms with Crippen molar-refractivity contribution < 1.29 is 14.3 Å². The maximum absolute atomic E-state index is 12.6. The number of thiazole rings is 1. The summed E-state index contributed by atoms with van der Waals surface area (Å²) in [5.74, 6) is 2.29. The molecule has 8 heteroatoms. The molecular weight excluding hydrogens is 424 g/mol. The van der Waals surface area contributed by atoms with Gasteiger partial charge in [0.25, 0.3) is 0 Å². The van der Waals surface area contributed by atoms with Gasteiger partial charge in [0.05, 0.1) is 26.5 Å². The molecule has 0 radical (unpaired) electrons. The number of nitrogens with one attached hydrogen (secondary N) is 1. The topological polar surface area (TPSA) is 66.9 Å². The zero-order chi connectivity index (χ0) is 22.3. The highest BCUT2D eigenvalue weighted by molar-refractivity contribution is 7.14. The lowest BCUT2D eigenvalue weighted by Gasteiger charge is -2.36. The van der Waals surface area contributed by atoms with Gasteiger partial charge >= 0.3 is 0 Å². The maximum atomic E-state index is 12.6. The highest BCUT2D eigenvalue weighted by Crippen LogP contribution is 2.34. The van der Waals surface area contributed by atoms with E-state index in [2.05, 4.69) is 20.1 Å². The van der Waals surface area contributed by atoms with Gasteiger partial charge in [-0.05, 0) is 30.9 Å². The molecule has 1 amide bonds. The number of ether oxygens (including phenoxy) is 2. The fraction of sp³-hybridized carbons (Fsp3) is 0.583. The lowest BCUT2D eigenvalue weighted by Crippen LogP contribution is -2.49. The molecule has 1 N–H and O–H groups in total. The lowest BCUT2D eigenvalue weighted by atomic mass is 9.89. The third kappa shape index (κ3) is 5.99. The van der Waals surface area contributed by atoms with Crippen LogP contribution in [0.3, 0.4) is 0 Å². The SMILES string of the molecule is COc1ccc(-c2csc(NC(=O)CN3CCN(CC4CCCCC4)CC3)n2)c(OC)c1. The van der Waals surface area contributed by atoms with Gasteiger partial charge < -0.3 is 19.7 Å². The number of carbonyl (C=O) groups is 1. The van der Waals surface area contributed by atoms with Crippen molar-refractivity contribution in [3.05, 3.63) is 23.6 Å². The van der Waals surface area contributed by atoms with Crippen LogP contribution in [-0.2, 0) is 4.79 Å². The number of aromatic nitrogens is 1. The van der Waals surface area contributed by atoms with E-state index in [1.165, 1.54) is 50.0 Å². The number of methoxy groups -OCH3 is 2. The van der Waals surface area contributed by atoms with Gasteiger partial charge in [0, 0.05) is 49.7 Å². The van der Waals surface area contributed by atoms with Gasteiger partial charge in [0.15, 0.2) is 5.13 Å². The molecular formula is C24H34N4O3S. The van der Waals surface area contributed by atoms with E-state index >= 15 is 0 Å². The standard InChI is InChI=1S/C24H34N4O3S/c1-30-19-8-9-20(22(14-19)31-2)21-17-32-24(25-21)26-23(29)16-28-12-10-27(11-13-28)15-18-6-4-3-5-7-18/h8-9,14,17-18H,3-7,10-13,15-16H2,1-2H3,(H,25,26,29). The summed E-state index contributed by atoms with van der Waals surface area (Å²) >= 11 is 1.43. The largest absolute Gasteiger partial charge is 0.497 e. The summed E-state index contributed by atoms with van der Waals surface area (Å²) in [6.45, 7) is 5.66. The van der Waals surface area contributed by atoms with Crippen LogP contribution in [0, 0.1) is 5.92 Å². The third-order valence-corrected chi connectivity index (χ3v) is 7.27. The van der Waals surface area contributed by atoms with Crippen LogP contribution in [0.1, 0.15) is 32.1 Å². The van der Waals surface area contributed by atoms with Crippen molar-refractivity contribution in [3.8, 4) is 22.8 Å². The normalized spacial score (nSPS) is 18.4. The van der Waals surface area contributed by atoms with Gasteiger partial charge in [-0.15, -0.1) is 11.3 Å². The van der Waals surface area contributed by atoms with E-state index in [1.807, 2.05) is 23.6 Å². The molecule has 1 aromatic heterocycles. The number of rotatable bonds is 8. The van der Waals surface area contributed by atoms with Crippen molar-refractivity contribution in [1.29, 1.82) is 0 Å². The molecule has 174 valence electrons. The summed E-state index contributed by atoms with van der Waals surface area (Å²) in [5.41, 5.74) is 1.65. The molecule has 1 saturated carbocycles. The average Bonchev–Trinajstić information content (AvgIpc) is 3.28. The van der Waals surface area contributed by atoms with E-state index in [0.717, 1.165) is 49.1 Å². The minimum Gasteiger partial charge on any atom is -0.497 e. The number of hydrogen-bond donors (Lipinski definition) is 1. The molecule has 0 bridgehead atoms. The fourth-order valence-corrected chi connectivity index (χ4v) is 5.42. The summed E-state index contributed by atoms with van der Waals surface area (Å²) in [4.78, 5) is 22.0. The van der Waals surface area contributed by atoms with Crippen molar-refractivity contribution in [2.45, 2.75) is 32.1 Å². The Morgan fingerprint density at radius 3 is 2.56 bits per heavy atom. The number of carbonyl (C=O) groups excluding carboxylic acids is 1. The molecule has 2 fully saturated rings. The second-order valence-electron chi connectivity index (χ2n) is 8.73. The minimum atomic E-state index is -0.00618. The highest BCUT2D eigenvalue weighted by Gasteiger charge is 2.23. The number of benzene rings is 1. The van der Waals surface area contributed by atoms with Crippen LogP contribution in [0.5, 0.6) is 11.5 Å². The number of anilines is 1. The van der Waals surface area contributed by atoms with Crippen molar-refractivity contribution in [2.75, 3.05) is 58.8 Å². The van der Waals surface area contributed by atoms with Crippen molar-refractivity contribution in [1.82, 2.24) is 14.8 Å². The van der Waals surface area contributed by atoms with E-state index in [4.69, 9.17) is 9.47 Å². The van der Waals surface area contributed by atoms with E-state index in [1.54, 1.807) is 14.2 Å². The zero-order valence-corrected chi connectivity index (χ0v) is 20.0. The monoisotopic (exact) mass is 458 g/mol. The number of hydrogen-bond acceptors (Lipinski definition) is 7. The molecule has 1 saturated heterocycles. The molecule has 0 atom stereocenters. The second-order valence-corrected chi connectivity index (χ2v) is 9.59. The Bertz CT molecular complexity index is 889. The van der Waals surface area contributed by atoms with E-state index in [-0.39, 0.29) is 5.91 Å². The van der Waals surface area contributed by atoms with Crippen molar-refractivity contribution in [2.24, 2.45) is 5.92 Å². The van der Waals surface area contributed by atoms with Crippen LogP contribution in [0.2, 0.25) is 0 Å². The first kappa shape index (κ1) is 23.0. The second kappa shape index (κ2) is 11.1. The molecule has 0 unspecified atom stereocenters. The van der Waals surface area contributed by atoms with Crippen molar-refractivity contribution in [3.63, 3.8) is 0 Å². The molecule has 2 aromatic rings. The highest BCUT2D eigenvalue weighted by atomic mass is 32.1. The molecule has 4 rings (SSSR count). The Morgan fingerprint density at radius 2 is 1.84 bits per heavy atom. The first-order chi connectivity index (χ1) is 15.6. The van der Waals surface area contributed by atoms with E-state index < -0.39 is 0 Å². The van der Waals surface area contributed by atoms with E-state index in [9.17, 15) is 4.79 Å². The fourth-order valence-electron chi connectivity index (χ4n) is 4.69. The molecule has 2 aliphatic rings. The smallest absolute Gasteiger partial charge is 0.240 e. The Kier molecular flexibility index (Phi) is 8.00. The minimum absolute atomic E-state index is 0.00618. The van der Waals surface area contributed by atoms with Gasteiger partial charge in [-0.1, -0.05) is 19.3 Å².